The zero-order chi connectivity index (χ0) is 14.4. The van der Waals surface area contributed by atoms with Gasteiger partial charge in [0.1, 0.15) is 0 Å². The third-order valence-electron chi connectivity index (χ3n) is 3.48. The molecule has 0 aliphatic heterocycles. The Labute approximate surface area is 126 Å². The fourth-order valence-electron chi connectivity index (χ4n) is 2.37. The first-order valence-electron chi connectivity index (χ1n) is 7.46. The Bertz CT molecular complexity index is 533. The molecule has 3 heteroatoms. The fourth-order valence-corrected chi connectivity index (χ4v) is 2.99. The Kier molecular flexibility index (Phi) is 5.74. The van der Waals surface area contributed by atoms with E-state index in [1.165, 1.54) is 16.8 Å². The van der Waals surface area contributed by atoms with Crippen LogP contribution in [0.4, 0.5) is 0 Å². The van der Waals surface area contributed by atoms with Gasteiger partial charge in [-0.2, -0.15) is 0 Å². The average molecular weight is 288 g/mol. The van der Waals surface area contributed by atoms with Gasteiger partial charge in [-0.3, -0.25) is 0 Å². The van der Waals surface area contributed by atoms with Crippen molar-refractivity contribution in [2.45, 2.75) is 46.1 Å². The summed E-state index contributed by atoms with van der Waals surface area (Å²) in [4.78, 5) is 4.61. The maximum atomic E-state index is 4.61. The van der Waals surface area contributed by atoms with Crippen LogP contribution in [0.15, 0.2) is 29.6 Å². The van der Waals surface area contributed by atoms with Gasteiger partial charge in [0.2, 0.25) is 0 Å². The normalized spacial score (nSPS) is 12.6. The van der Waals surface area contributed by atoms with Crippen LogP contribution in [0.25, 0.3) is 0 Å². The highest BCUT2D eigenvalue weighted by Crippen LogP contribution is 2.21. The van der Waals surface area contributed by atoms with Gasteiger partial charge in [0.25, 0.3) is 0 Å². The van der Waals surface area contributed by atoms with E-state index < -0.39 is 0 Å². The van der Waals surface area contributed by atoms with E-state index in [1.807, 2.05) is 0 Å². The maximum Gasteiger partial charge on any atom is 0.0897 e. The van der Waals surface area contributed by atoms with Crippen LogP contribution >= 0.6 is 11.3 Å². The number of rotatable bonds is 7. The molecule has 1 aromatic heterocycles. The second-order valence-corrected chi connectivity index (χ2v) is 6.23. The van der Waals surface area contributed by atoms with E-state index in [1.54, 1.807) is 11.3 Å². The fraction of sp³-hybridized carbons (Fsp3) is 0.471. The van der Waals surface area contributed by atoms with Crippen LogP contribution in [0.1, 0.15) is 48.1 Å². The molecule has 20 heavy (non-hydrogen) atoms. The largest absolute Gasteiger partial charge is 0.310 e. The summed E-state index contributed by atoms with van der Waals surface area (Å²) in [5, 5.41) is 6.99. The van der Waals surface area contributed by atoms with Crippen molar-refractivity contribution in [3.05, 3.63) is 51.5 Å². The molecule has 0 aliphatic rings. The number of nitrogens with zero attached hydrogens (tertiary/aromatic N) is 1. The predicted molar refractivity (Wildman–Crippen MR) is 87.4 cm³/mol. The van der Waals surface area contributed by atoms with E-state index in [2.05, 4.69) is 60.7 Å². The number of hydrogen-bond donors (Lipinski definition) is 1. The molecule has 1 aromatic carbocycles. The lowest BCUT2D eigenvalue weighted by Crippen LogP contribution is -2.24. The molecule has 0 radical (unpaired) electrons. The van der Waals surface area contributed by atoms with Gasteiger partial charge in [0.15, 0.2) is 0 Å². The van der Waals surface area contributed by atoms with Gasteiger partial charge in [-0.1, -0.05) is 38.1 Å². The Hall–Kier alpha value is -1.19. The first-order valence-corrected chi connectivity index (χ1v) is 8.34. The Morgan fingerprint density at radius 1 is 1.30 bits per heavy atom. The molecule has 0 fully saturated rings. The summed E-state index contributed by atoms with van der Waals surface area (Å²) in [5.74, 6) is 0. The second-order valence-electron chi connectivity index (χ2n) is 5.17. The molecule has 1 heterocycles. The predicted octanol–water partition coefficient (Wildman–Crippen LogP) is 4.30. The molecule has 0 saturated carbocycles. The number of hydrogen-bond acceptors (Lipinski definition) is 3. The summed E-state index contributed by atoms with van der Waals surface area (Å²) < 4.78 is 0. The minimum absolute atomic E-state index is 0.364. The van der Waals surface area contributed by atoms with Crippen LogP contribution in [0, 0.1) is 6.92 Å². The number of aryl methyl sites for hydroxylation is 2. The minimum atomic E-state index is 0.364. The molecule has 2 rings (SSSR count). The van der Waals surface area contributed by atoms with Gasteiger partial charge < -0.3 is 5.32 Å². The standard InChI is InChI=1S/C17H24N2S/c1-4-9-18-17(11-16-12-20-13(3)19-16)15-8-6-7-14(5-2)10-15/h6-8,10,12,17-18H,4-5,9,11H2,1-3H3. The Balaban J connectivity index is 2.17. The average Bonchev–Trinajstić information content (AvgIpc) is 2.88. The molecule has 2 nitrogen and oxygen atoms in total. The van der Waals surface area contributed by atoms with E-state index >= 15 is 0 Å². The van der Waals surface area contributed by atoms with Crippen LogP contribution in [0.5, 0.6) is 0 Å². The maximum absolute atomic E-state index is 4.61. The lowest BCUT2D eigenvalue weighted by atomic mass is 9.99. The van der Waals surface area contributed by atoms with Crippen molar-refractivity contribution in [3.8, 4) is 0 Å². The zero-order valence-electron chi connectivity index (χ0n) is 12.6. The van der Waals surface area contributed by atoms with Crippen LogP contribution in [0.3, 0.4) is 0 Å². The number of nitrogens with one attached hydrogen (secondary N) is 1. The molecule has 2 aromatic rings. The summed E-state index contributed by atoms with van der Waals surface area (Å²) in [6.07, 6.45) is 3.21. The van der Waals surface area contributed by atoms with Crippen molar-refractivity contribution in [3.63, 3.8) is 0 Å². The highest BCUT2D eigenvalue weighted by molar-refractivity contribution is 7.09. The first kappa shape index (κ1) is 15.2. The quantitative estimate of drug-likeness (QED) is 0.821. The van der Waals surface area contributed by atoms with Crippen LogP contribution < -0.4 is 5.32 Å². The minimum Gasteiger partial charge on any atom is -0.310 e. The highest BCUT2D eigenvalue weighted by atomic mass is 32.1. The number of thiazole rings is 1. The smallest absolute Gasteiger partial charge is 0.0897 e. The van der Waals surface area contributed by atoms with Gasteiger partial charge in [0, 0.05) is 17.8 Å². The molecule has 0 amide bonds. The highest BCUT2D eigenvalue weighted by Gasteiger charge is 2.13. The van der Waals surface area contributed by atoms with Crippen molar-refractivity contribution in [1.29, 1.82) is 0 Å². The Morgan fingerprint density at radius 2 is 2.15 bits per heavy atom. The van der Waals surface area contributed by atoms with E-state index in [9.17, 15) is 0 Å². The van der Waals surface area contributed by atoms with Crippen molar-refractivity contribution in [1.82, 2.24) is 10.3 Å². The molecule has 0 bridgehead atoms. The number of aromatic nitrogens is 1. The van der Waals surface area contributed by atoms with Crippen molar-refractivity contribution >= 4 is 11.3 Å². The van der Waals surface area contributed by atoms with Crippen molar-refractivity contribution in [2.24, 2.45) is 0 Å². The van der Waals surface area contributed by atoms with E-state index in [0.717, 1.165) is 30.8 Å². The van der Waals surface area contributed by atoms with Gasteiger partial charge in [-0.25, -0.2) is 4.98 Å². The summed E-state index contributed by atoms with van der Waals surface area (Å²) >= 11 is 1.73. The molecular weight excluding hydrogens is 264 g/mol. The van der Waals surface area contributed by atoms with Gasteiger partial charge in [-0.15, -0.1) is 11.3 Å². The lowest BCUT2D eigenvalue weighted by Gasteiger charge is -2.19. The topological polar surface area (TPSA) is 24.9 Å². The first-order chi connectivity index (χ1) is 9.72. The third kappa shape index (κ3) is 4.15. The van der Waals surface area contributed by atoms with Gasteiger partial charge in [-0.05, 0) is 37.4 Å². The van der Waals surface area contributed by atoms with Crippen molar-refractivity contribution in [2.75, 3.05) is 6.54 Å². The van der Waals surface area contributed by atoms with E-state index in [-0.39, 0.29) is 0 Å². The second kappa shape index (κ2) is 7.55. The molecule has 1 N–H and O–H groups in total. The molecule has 0 saturated heterocycles. The lowest BCUT2D eigenvalue weighted by molar-refractivity contribution is 0.525. The molecule has 1 unspecified atom stereocenters. The summed E-state index contributed by atoms with van der Waals surface area (Å²) in [6.45, 7) is 7.53. The van der Waals surface area contributed by atoms with E-state index in [4.69, 9.17) is 0 Å². The summed E-state index contributed by atoms with van der Waals surface area (Å²) in [7, 11) is 0. The summed E-state index contributed by atoms with van der Waals surface area (Å²) in [6, 6.07) is 9.29. The molecule has 0 spiro atoms. The third-order valence-corrected chi connectivity index (χ3v) is 4.30. The number of benzene rings is 1. The SMILES string of the molecule is CCCNC(Cc1csc(C)n1)c1cccc(CC)c1. The van der Waals surface area contributed by atoms with Crippen LogP contribution in [0.2, 0.25) is 0 Å². The van der Waals surface area contributed by atoms with E-state index in [0.29, 0.717) is 6.04 Å². The van der Waals surface area contributed by atoms with Gasteiger partial charge >= 0.3 is 0 Å². The Morgan fingerprint density at radius 3 is 2.80 bits per heavy atom. The monoisotopic (exact) mass is 288 g/mol. The van der Waals surface area contributed by atoms with Crippen LogP contribution in [-0.2, 0) is 12.8 Å². The molecule has 108 valence electrons. The van der Waals surface area contributed by atoms with Crippen molar-refractivity contribution < 1.29 is 0 Å². The summed E-state index contributed by atoms with van der Waals surface area (Å²) in [5.41, 5.74) is 3.98. The molecule has 1 atom stereocenters. The van der Waals surface area contributed by atoms with Crippen LogP contribution in [-0.4, -0.2) is 11.5 Å². The molecule has 0 aliphatic carbocycles. The molecular formula is C17H24N2S. The van der Waals surface area contributed by atoms with Gasteiger partial charge in [0.05, 0.1) is 10.7 Å². The zero-order valence-corrected chi connectivity index (χ0v) is 13.5.